The summed E-state index contributed by atoms with van der Waals surface area (Å²) in [4.78, 5) is 4.21. The number of pyridine rings is 1. The van der Waals surface area contributed by atoms with Crippen molar-refractivity contribution in [2.24, 2.45) is 0 Å². The van der Waals surface area contributed by atoms with Crippen LogP contribution in [0.15, 0.2) is 30.5 Å². The SMILES string of the molecule is Cc1cc(N)cnc1Nc1cc(Cl)ccc1Cl. The van der Waals surface area contributed by atoms with Gasteiger partial charge in [-0.3, -0.25) is 0 Å². The van der Waals surface area contributed by atoms with Gasteiger partial charge in [0, 0.05) is 5.02 Å². The van der Waals surface area contributed by atoms with Crippen molar-refractivity contribution in [3.8, 4) is 0 Å². The Balaban J connectivity index is 2.34. The molecule has 2 rings (SSSR count). The molecule has 1 aromatic carbocycles. The minimum absolute atomic E-state index is 0.590. The molecule has 3 nitrogen and oxygen atoms in total. The molecule has 0 aliphatic carbocycles. The Morgan fingerprint density at radius 1 is 1.24 bits per heavy atom. The molecule has 0 bridgehead atoms. The summed E-state index contributed by atoms with van der Waals surface area (Å²) >= 11 is 12.0. The van der Waals surface area contributed by atoms with Gasteiger partial charge >= 0.3 is 0 Å². The Kier molecular flexibility index (Phi) is 3.41. The number of aromatic nitrogens is 1. The van der Waals surface area contributed by atoms with Gasteiger partial charge in [-0.05, 0) is 36.8 Å². The van der Waals surface area contributed by atoms with E-state index in [9.17, 15) is 0 Å². The van der Waals surface area contributed by atoms with Crippen LogP contribution in [0.2, 0.25) is 10.0 Å². The lowest BCUT2D eigenvalue weighted by Gasteiger charge is -2.10. The van der Waals surface area contributed by atoms with E-state index in [1.165, 1.54) is 0 Å². The third-order valence-corrected chi connectivity index (χ3v) is 2.85. The molecule has 0 fully saturated rings. The average molecular weight is 268 g/mol. The van der Waals surface area contributed by atoms with E-state index in [-0.39, 0.29) is 0 Å². The zero-order valence-electron chi connectivity index (χ0n) is 9.17. The Bertz CT molecular complexity index is 555. The maximum Gasteiger partial charge on any atom is 0.133 e. The number of hydrogen-bond acceptors (Lipinski definition) is 3. The Morgan fingerprint density at radius 3 is 2.71 bits per heavy atom. The molecular formula is C12H11Cl2N3. The quantitative estimate of drug-likeness (QED) is 0.864. The third kappa shape index (κ3) is 2.81. The van der Waals surface area contributed by atoms with Crippen LogP contribution in [-0.4, -0.2) is 4.98 Å². The summed E-state index contributed by atoms with van der Waals surface area (Å²) in [5.74, 6) is 0.711. The lowest BCUT2D eigenvalue weighted by atomic mass is 10.2. The summed E-state index contributed by atoms with van der Waals surface area (Å²) in [6, 6.07) is 7.06. The highest BCUT2D eigenvalue weighted by molar-refractivity contribution is 6.35. The van der Waals surface area contributed by atoms with E-state index >= 15 is 0 Å². The van der Waals surface area contributed by atoms with Crippen LogP contribution in [-0.2, 0) is 0 Å². The van der Waals surface area contributed by atoms with Gasteiger partial charge in [0.1, 0.15) is 5.82 Å². The summed E-state index contributed by atoms with van der Waals surface area (Å²) in [6.07, 6.45) is 1.59. The molecular weight excluding hydrogens is 257 g/mol. The molecule has 0 aliphatic rings. The summed E-state index contributed by atoms with van der Waals surface area (Å²) in [5.41, 5.74) is 7.93. The molecule has 0 saturated heterocycles. The second kappa shape index (κ2) is 4.82. The van der Waals surface area contributed by atoms with Crippen LogP contribution in [0, 0.1) is 6.92 Å². The van der Waals surface area contributed by atoms with Crippen LogP contribution < -0.4 is 11.1 Å². The third-order valence-electron chi connectivity index (χ3n) is 2.28. The van der Waals surface area contributed by atoms with Crippen molar-refractivity contribution in [1.82, 2.24) is 4.98 Å². The first-order valence-electron chi connectivity index (χ1n) is 5.00. The molecule has 5 heteroatoms. The summed E-state index contributed by atoms with van der Waals surface area (Å²) in [7, 11) is 0. The molecule has 0 unspecified atom stereocenters. The van der Waals surface area contributed by atoms with Crippen molar-refractivity contribution in [2.75, 3.05) is 11.1 Å². The summed E-state index contributed by atoms with van der Waals surface area (Å²) in [6.45, 7) is 1.92. The topological polar surface area (TPSA) is 50.9 Å². The van der Waals surface area contributed by atoms with E-state index in [1.807, 2.05) is 13.0 Å². The standard InChI is InChI=1S/C12H11Cl2N3/c1-7-4-9(15)6-16-12(7)17-11-5-8(13)2-3-10(11)14/h2-6H,15H2,1H3,(H,16,17). The predicted molar refractivity (Wildman–Crippen MR) is 73.1 cm³/mol. The summed E-state index contributed by atoms with van der Waals surface area (Å²) < 4.78 is 0. The molecule has 1 heterocycles. The van der Waals surface area contributed by atoms with Crippen LogP contribution >= 0.6 is 23.2 Å². The van der Waals surface area contributed by atoms with Gasteiger partial charge in [-0.1, -0.05) is 23.2 Å². The number of aryl methyl sites for hydroxylation is 1. The minimum Gasteiger partial charge on any atom is -0.397 e. The number of nitrogens with zero attached hydrogens (tertiary/aromatic N) is 1. The number of nitrogens with two attached hydrogens (primary N) is 1. The van der Waals surface area contributed by atoms with Crippen molar-refractivity contribution in [1.29, 1.82) is 0 Å². The van der Waals surface area contributed by atoms with Gasteiger partial charge in [0.2, 0.25) is 0 Å². The van der Waals surface area contributed by atoms with Crippen LogP contribution in [0.3, 0.4) is 0 Å². The van der Waals surface area contributed by atoms with Crippen molar-refractivity contribution in [3.63, 3.8) is 0 Å². The second-order valence-electron chi connectivity index (χ2n) is 3.68. The van der Waals surface area contributed by atoms with Crippen molar-refractivity contribution < 1.29 is 0 Å². The molecule has 2 aromatic rings. The predicted octanol–water partition coefficient (Wildman–Crippen LogP) is 4.02. The van der Waals surface area contributed by atoms with Gasteiger partial charge in [-0.2, -0.15) is 0 Å². The number of halogens is 2. The molecule has 0 radical (unpaired) electrons. The number of nitrogens with one attached hydrogen (secondary N) is 1. The van der Waals surface area contributed by atoms with Gasteiger partial charge in [-0.25, -0.2) is 4.98 Å². The first kappa shape index (κ1) is 12.0. The number of benzene rings is 1. The number of nitrogen functional groups attached to an aromatic ring is 1. The largest absolute Gasteiger partial charge is 0.397 e. The van der Waals surface area contributed by atoms with E-state index in [0.29, 0.717) is 21.6 Å². The highest BCUT2D eigenvalue weighted by Gasteiger charge is 2.05. The molecule has 0 amide bonds. The van der Waals surface area contributed by atoms with Crippen LogP contribution in [0.25, 0.3) is 0 Å². The Morgan fingerprint density at radius 2 is 2.00 bits per heavy atom. The van der Waals surface area contributed by atoms with Gasteiger partial charge in [0.15, 0.2) is 0 Å². The van der Waals surface area contributed by atoms with Crippen LogP contribution in [0.1, 0.15) is 5.56 Å². The molecule has 88 valence electrons. The lowest BCUT2D eigenvalue weighted by molar-refractivity contribution is 1.26. The minimum atomic E-state index is 0.590. The molecule has 17 heavy (non-hydrogen) atoms. The molecule has 0 spiro atoms. The molecule has 0 aliphatic heterocycles. The van der Waals surface area contributed by atoms with Gasteiger partial charge in [-0.15, -0.1) is 0 Å². The first-order chi connectivity index (χ1) is 8.06. The average Bonchev–Trinajstić information content (AvgIpc) is 2.27. The fourth-order valence-electron chi connectivity index (χ4n) is 1.45. The highest BCUT2D eigenvalue weighted by Crippen LogP contribution is 2.29. The zero-order chi connectivity index (χ0) is 12.4. The first-order valence-corrected chi connectivity index (χ1v) is 5.76. The van der Waals surface area contributed by atoms with Crippen LogP contribution in [0.4, 0.5) is 17.2 Å². The maximum absolute atomic E-state index is 6.06. The number of anilines is 3. The Labute approximate surface area is 110 Å². The number of rotatable bonds is 2. The fourth-order valence-corrected chi connectivity index (χ4v) is 1.79. The summed E-state index contributed by atoms with van der Waals surface area (Å²) in [5, 5.41) is 4.33. The number of hydrogen-bond donors (Lipinski definition) is 2. The molecule has 0 saturated carbocycles. The van der Waals surface area contributed by atoms with E-state index in [0.717, 1.165) is 11.3 Å². The van der Waals surface area contributed by atoms with E-state index < -0.39 is 0 Å². The van der Waals surface area contributed by atoms with Gasteiger partial charge in [0.25, 0.3) is 0 Å². The zero-order valence-corrected chi connectivity index (χ0v) is 10.7. The van der Waals surface area contributed by atoms with E-state index in [1.54, 1.807) is 24.4 Å². The molecule has 3 N–H and O–H groups in total. The van der Waals surface area contributed by atoms with Crippen molar-refractivity contribution >= 4 is 40.4 Å². The maximum atomic E-state index is 6.06. The van der Waals surface area contributed by atoms with Crippen molar-refractivity contribution in [3.05, 3.63) is 46.1 Å². The Hall–Kier alpha value is -1.45. The normalized spacial score (nSPS) is 10.3. The van der Waals surface area contributed by atoms with Gasteiger partial charge < -0.3 is 11.1 Å². The lowest BCUT2D eigenvalue weighted by Crippen LogP contribution is -1.98. The monoisotopic (exact) mass is 267 g/mol. The highest BCUT2D eigenvalue weighted by atomic mass is 35.5. The van der Waals surface area contributed by atoms with E-state index in [2.05, 4.69) is 10.3 Å². The smallest absolute Gasteiger partial charge is 0.133 e. The van der Waals surface area contributed by atoms with Crippen molar-refractivity contribution in [2.45, 2.75) is 6.92 Å². The second-order valence-corrected chi connectivity index (χ2v) is 4.53. The van der Waals surface area contributed by atoms with Crippen LogP contribution in [0.5, 0.6) is 0 Å². The van der Waals surface area contributed by atoms with Gasteiger partial charge in [0.05, 0.1) is 22.6 Å². The van der Waals surface area contributed by atoms with E-state index in [4.69, 9.17) is 28.9 Å². The molecule has 0 atom stereocenters. The molecule has 1 aromatic heterocycles. The fraction of sp³-hybridized carbons (Fsp3) is 0.0833.